The number of thiazole rings is 1. The van der Waals surface area contributed by atoms with Gasteiger partial charge in [0.1, 0.15) is 28.4 Å². The predicted molar refractivity (Wildman–Crippen MR) is 100 cm³/mol. The first-order valence-electron chi connectivity index (χ1n) is 7.76. The van der Waals surface area contributed by atoms with Crippen LogP contribution in [0.4, 0.5) is 4.39 Å². The highest BCUT2D eigenvalue weighted by atomic mass is 32.1. The molecule has 7 heteroatoms. The van der Waals surface area contributed by atoms with Crippen molar-refractivity contribution in [1.82, 2.24) is 4.57 Å². The number of hydrogen-bond donors (Lipinski definition) is 0. The van der Waals surface area contributed by atoms with E-state index in [1.807, 2.05) is 12.1 Å². The van der Waals surface area contributed by atoms with Crippen LogP contribution in [0, 0.1) is 28.5 Å². The third-order valence-electron chi connectivity index (χ3n) is 3.78. The molecule has 27 heavy (non-hydrogen) atoms. The number of hydrogen-bond acceptors (Lipinski definition) is 5. The average molecular weight is 377 g/mol. The Hall–Kier alpha value is -3.68. The molecule has 0 aliphatic rings. The number of methoxy groups -OCH3 is 1. The van der Waals surface area contributed by atoms with Crippen LogP contribution in [-0.2, 0) is 0 Å². The Balaban J connectivity index is 2.46. The summed E-state index contributed by atoms with van der Waals surface area (Å²) in [5, 5.41) is 18.6. The summed E-state index contributed by atoms with van der Waals surface area (Å²) >= 11 is 0.952. The van der Waals surface area contributed by atoms with Crippen LogP contribution in [0.1, 0.15) is 5.56 Å². The van der Waals surface area contributed by atoms with Gasteiger partial charge in [-0.25, -0.2) is 4.39 Å². The van der Waals surface area contributed by atoms with Gasteiger partial charge in [0, 0.05) is 5.56 Å². The van der Waals surface area contributed by atoms with E-state index < -0.39 is 11.4 Å². The van der Waals surface area contributed by atoms with E-state index in [9.17, 15) is 19.7 Å². The number of halogens is 1. The van der Waals surface area contributed by atoms with E-state index in [-0.39, 0.29) is 20.3 Å². The Bertz CT molecular complexity index is 1260. The third kappa shape index (κ3) is 3.37. The Kier molecular flexibility index (Phi) is 5.16. The molecule has 0 aliphatic heterocycles. The fourth-order valence-electron chi connectivity index (χ4n) is 2.54. The van der Waals surface area contributed by atoms with Crippen molar-refractivity contribution in [2.75, 3.05) is 7.11 Å². The molecule has 1 aromatic heterocycles. The van der Waals surface area contributed by atoms with Crippen LogP contribution in [0.3, 0.4) is 0 Å². The first-order chi connectivity index (χ1) is 13.1. The van der Waals surface area contributed by atoms with E-state index in [1.54, 1.807) is 42.5 Å². The van der Waals surface area contributed by atoms with Crippen molar-refractivity contribution in [1.29, 1.82) is 10.5 Å². The van der Waals surface area contributed by atoms with Gasteiger partial charge in [-0.1, -0.05) is 30.3 Å². The van der Waals surface area contributed by atoms with E-state index in [0.717, 1.165) is 11.3 Å². The SMILES string of the molecule is COc1ccccc1-n1c(=C(C#N)C#N)s/c(=C/c2ccccc2F)c1=O. The number of rotatable bonds is 3. The molecule has 0 bridgehead atoms. The lowest BCUT2D eigenvalue weighted by atomic mass is 10.2. The van der Waals surface area contributed by atoms with Crippen LogP contribution in [-0.4, -0.2) is 11.7 Å². The number of benzene rings is 2. The van der Waals surface area contributed by atoms with Crippen molar-refractivity contribution in [2.45, 2.75) is 0 Å². The highest BCUT2D eigenvalue weighted by molar-refractivity contribution is 7.07. The molecule has 2 aromatic carbocycles. The molecule has 0 N–H and O–H groups in total. The van der Waals surface area contributed by atoms with Crippen molar-refractivity contribution in [2.24, 2.45) is 0 Å². The summed E-state index contributed by atoms with van der Waals surface area (Å²) in [4.78, 5) is 13.0. The van der Waals surface area contributed by atoms with Gasteiger partial charge in [-0.15, -0.1) is 11.3 Å². The normalized spacial score (nSPS) is 10.9. The summed E-state index contributed by atoms with van der Waals surface area (Å²) in [5.74, 6) is -0.0632. The van der Waals surface area contributed by atoms with Crippen molar-refractivity contribution in [3.8, 4) is 23.6 Å². The number of aromatic nitrogens is 1. The van der Waals surface area contributed by atoms with Gasteiger partial charge in [-0.3, -0.25) is 9.36 Å². The van der Waals surface area contributed by atoms with Gasteiger partial charge in [-0.2, -0.15) is 10.5 Å². The Morgan fingerprint density at radius 3 is 2.48 bits per heavy atom. The van der Waals surface area contributed by atoms with Crippen molar-refractivity contribution >= 4 is 23.0 Å². The van der Waals surface area contributed by atoms with Crippen LogP contribution >= 0.6 is 11.3 Å². The molecule has 0 saturated heterocycles. The fraction of sp³-hybridized carbons (Fsp3) is 0.0500. The lowest BCUT2D eigenvalue weighted by Gasteiger charge is -2.08. The van der Waals surface area contributed by atoms with Gasteiger partial charge in [0.05, 0.1) is 17.3 Å². The Morgan fingerprint density at radius 2 is 1.81 bits per heavy atom. The number of para-hydroxylation sites is 2. The van der Waals surface area contributed by atoms with E-state index in [0.29, 0.717) is 11.4 Å². The highest BCUT2D eigenvalue weighted by Crippen LogP contribution is 2.19. The zero-order valence-corrected chi connectivity index (χ0v) is 15.0. The molecule has 0 amide bonds. The van der Waals surface area contributed by atoms with Gasteiger partial charge >= 0.3 is 0 Å². The van der Waals surface area contributed by atoms with Gasteiger partial charge in [0.2, 0.25) is 0 Å². The summed E-state index contributed by atoms with van der Waals surface area (Å²) in [6.45, 7) is 0. The minimum atomic E-state index is -0.472. The number of nitriles is 2. The second-order valence-electron chi connectivity index (χ2n) is 5.35. The topological polar surface area (TPSA) is 78.8 Å². The smallest absolute Gasteiger partial charge is 0.273 e. The summed E-state index contributed by atoms with van der Waals surface area (Å²) in [5.41, 5.74) is -0.0422. The van der Waals surface area contributed by atoms with Gasteiger partial charge in [-0.05, 0) is 24.3 Å². The van der Waals surface area contributed by atoms with Gasteiger partial charge < -0.3 is 4.74 Å². The van der Waals surface area contributed by atoms with Crippen molar-refractivity contribution < 1.29 is 9.13 Å². The van der Waals surface area contributed by atoms with E-state index in [4.69, 9.17) is 4.74 Å². The summed E-state index contributed by atoms with van der Waals surface area (Å²) in [6.07, 6.45) is 1.41. The average Bonchev–Trinajstić information content (AvgIpc) is 3.00. The van der Waals surface area contributed by atoms with E-state index in [1.165, 1.54) is 23.8 Å². The second kappa shape index (κ2) is 7.69. The molecule has 0 aliphatic carbocycles. The molecule has 0 radical (unpaired) electrons. The monoisotopic (exact) mass is 377 g/mol. The molecule has 132 valence electrons. The minimum Gasteiger partial charge on any atom is -0.495 e. The quantitative estimate of drug-likeness (QED) is 0.700. The van der Waals surface area contributed by atoms with E-state index in [2.05, 4.69) is 0 Å². The molecule has 0 atom stereocenters. The lowest BCUT2D eigenvalue weighted by Crippen LogP contribution is -2.31. The molecule has 0 saturated carbocycles. The predicted octanol–water partition coefficient (Wildman–Crippen LogP) is 2.07. The summed E-state index contributed by atoms with van der Waals surface area (Å²) in [6, 6.07) is 16.4. The van der Waals surface area contributed by atoms with Crippen LogP contribution in [0.25, 0.3) is 17.3 Å². The molecule has 0 spiro atoms. The summed E-state index contributed by atoms with van der Waals surface area (Å²) < 4.78 is 20.9. The molecular formula is C20H12FN3O2S. The van der Waals surface area contributed by atoms with Gasteiger partial charge in [0.15, 0.2) is 5.57 Å². The molecule has 3 rings (SSSR count). The van der Waals surface area contributed by atoms with Gasteiger partial charge in [0.25, 0.3) is 5.56 Å². The van der Waals surface area contributed by atoms with Crippen molar-refractivity contribution in [3.05, 3.63) is 79.5 Å². The largest absolute Gasteiger partial charge is 0.495 e. The maximum absolute atomic E-state index is 14.0. The standard InChI is InChI=1S/C20H12FN3O2S/c1-26-17-9-5-4-8-16(17)24-19(25)18(27-20(24)14(11-22)12-23)10-13-6-2-3-7-15(13)21/h2-10H,1H3/b18-10+. The fourth-order valence-corrected chi connectivity index (χ4v) is 3.58. The first kappa shape index (κ1) is 18.1. The molecule has 5 nitrogen and oxygen atoms in total. The maximum Gasteiger partial charge on any atom is 0.273 e. The van der Waals surface area contributed by atoms with E-state index >= 15 is 0 Å². The molecule has 0 unspecified atom stereocenters. The van der Waals surface area contributed by atoms with Crippen LogP contribution in [0.5, 0.6) is 5.75 Å². The minimum absolute atomic E-state index is 0.164. The first-order valence-corrected chi connectivity index (χ1v) is 8.58. The van der Waals surface area contributed by atoms with Crippen LogP contribution in [0.2, 0.25) is 0 Å². The third-order valence-corrected chi connectivity index (χ3v) is 4.87. The molecule has 0 fully saturated rings. The lowest BCUT2D eigenvalue weighted by molar-refractivity contribution is 0.412. The Morgan fingerprint density at radius 1 is 1.15 bits per heavy atom. The zero-order valence-electron chi connectivity index (χ0n) is 14.1. The zero-order chi connectivity index (χ0) is 19.4. The second-order valence-corrected chi connectivity index (χ2v) is 6.38. The van der Waals surface area contributed by atoms with Crippen molar-refractivity contribution in [3.63, 3.8) is 0 Å². The molecule has 1 heterocycles. The van der Waals surface area contributed by atoms with Crippen LogP contribution in [0.15, 0.2) is 53.3 Å². The number of nitrogens with zero attached hydrogens (tertiary/aromatic N) is 3. The molecular weight excluding hydrogens is 365 g/mol. The molecule has 3 aromatic rings. The highest BCUT2D eigenvalue weighted by Gasteiger charge is 2.14. The number of ether oxygens (including phenoxy) is 1. The Labute approximate surface area is 157 Å². The van der Waals surface area contributed by atoms with Crippen LogP contribution < -0.4 is 19.5 Å². The maximum atomic E-state index is 14.0. The summed E-state index contributed by atoms with van der Waals surface area (Å²) in [7, 11) is 1.46.